The molecule has 25 heavy (non-hydrogen) atoms. The molecule has 0 aliphatic heterocycles. The number of unbranched alkanes of at least 4 members (excludes halogenated alkanes) is 18. The fourth-order valence-corrected chi connectivity index (χ4v) is 3.35. The van der Waals surface area contributed by atoms with Gasteiger partial charge in [0, 0.05) is 6.42 Å². The van der Waals surface area contributed by atoms with Gasteiger partial charge in [-0.25, -0.2) is 0 Å². The number of carbonyl (C=O) groups is 1. The van der Waals surface area contributed by atoms with Crippen molar-refractivity contribution in [2.24, 2.45) is 0 Å². The summed E-state index contributed by atoms with van der Waals surface area (Å²) in [5.41, 5.74) is 0. The van der Waals surface area contributed by atoms with Gasteiger partial charge in [0.1, 0.15) is 0 Å². The summed E-state index contributed by atoms with van der Waals surface area (Å²) in [6.07, 6.45) is 26.1. The standard InChI is InChI=1S/C22H44O2.Ga.3H/c1-2-3-4-5-6-7-8-9-10-11-12-13-14-15-16-17-18-19-20-21-22(23)24;;;;/h2-21H2,1H3,(H,23,24);;;;. The van der Waals surface area contributed by atoms with Crippen LogP contribution >= 0.6 is 0 Å². The van der Waals surface area contributed by atoms with Gasteiger partial charge in [0.05, 0.1) is 0 Å². The Labute approximate surface area is 171 Å². The minimum absolute atomic E-state index is 0. The molecule has 0 radical (unpaired) electrons. The molecular formula is C22H47GaO2. The van der Waals surface area contributed by atoms with Gasteiger partial charge in [-0.1, -0.05) is 122 Å². The van der Waals surface area contributed by atoms with Crippen LogP contribution in [-0.2, 0) is 4.79 Å². The summed E-state index contributed by atoms with van der Waals surface area (Å²) in [7, 11) is 0. The van der Waals surface area contributed by atoms with E-state index >= 15 is 0 Å². The number of carboxylic acids is 1. The van der Waals surface area contributed by atoms with Crippen LogP contribution in [0.15, 0.2) is 0 Å². The summed E-state index contributed by atoms with van der Waals surface area (Å²) < 4.78 is 0. The Morgan fingerprint density at radius 1 is 0.520 bits per heavy atom. The Morgan fingerprint density at radius 3 is 1.00 bits per heavy atom. The first kappa shape index (κ1) is 27.3. The van der Waals surface area contributed by atoms with Gasteiger partial charge in [-0.2, -0.15) is 0 Å². The zero-order chi connectivity index (χ0) is 17.7. The van der Waals surface area contributed by atoms with E-state index in [2.05, 4.69) is 6.92 Å². The van der Waals surface area contributed by atoms with E-state index in [1.54, 1.807) is 0 Å². The van der Waals surface area contributed by atoms with Gasteiger partial charge in [0.25, 0.3) is 0 Å². The van der Waals surface area contributed by atoms with Crippen molar-refractivity contribution in [1.82, 2.24) is 0 Å². The van der Waals surface area contributed by atoms with Gasteiger partial charge < -0.3 is 5.11 Å². The fraction of sp³-hybridized carbons (Fsp3) is 0.955. The Balaban J connectivity index is 0. The van der Waals surface area contributed by atoms with E-state index in [0.717, 1.165) is 12.8 Å². The van der Waals surface area contributed by atoms with Gasteiger partial charge in [-0.05, 0) is 6.42 Å². The quantitative estimate of drug-likeness (QED) is 0.178. The molecule has 0 aliphatic rings. The number of hydrogen-bond acceptors (Lipinski definition) is 1. The van der Waals surface area contributed by atoms with E-state index in [0.29, 0.717) is 6.42 Å². The minimum atomic E-state index is -0.651. The Bertz CT molecular complexity index is 256. The molecule has 0 bridgehead atoms. The molecule has 0 amide bonds. The topological polar surface area (TPSA) is 37.3 Å². The van der Waals surface area contributed by atoms with Crippen molar-refractivity contribution in [3.05, 3.63) is 0 Å². The predicted molar refractivity (Wildman–Crippen MR) is 116 cm³/mol. The van der Waals surface area contributed by atoms with Crippen LogP contribution in [0.5, 0.6) is 0 Å². The molecule has 3 heteroatoms. The summed E-state index contributed by atoms with van der Waals surface area (Å²) in [4.78, 5) is 10.4. The molecule has 0 unspecified atom stereocenters. The molecule has 0 heterocycles. The van der Waals surface area contributed by atoms with Crippen LogP contribution in [-0.4, -0.2) is 30.9 Å². The first-order valence-corrected chi connectivity index (χ1v) is 11.0. The third kappa shape index (κ3) is 26.4. The number of carboxylic acid groups (broad SMARTS) is 1. The van der Waals surface area contributed by atoms with Gasteiger partial charge in [0.15, 0.2) is 0 Å². The average molecular weight is 413 g/mol. The first-order chi connectivity index (χ1) is 11.8. The van der Waals surface area contributed by atoms with Crippen molar-refractivity contribution < 1.29 is 9.90 Å². The van der Waals surface area contributed by atoms with Crippen LogP contribution in [0.1, 0.15) is 135 Å². The zero-order valence-electron chi connectivity index (χ0n) is 16.5. The number of rotatable bonds is 20. The van der Waals surface area contributed by atoms with Gasteiger partial charge in [-0.3, -0.25) is 4.79 Å². The molecule has 0 rings (SSSR count). The molecule has 150 valence electrons. The summed E-state index contributed by atoms with van der Waals surface area (Å²) in [5, 5.41) is 8.56. The SMILES string of the molecule is CCCCCCCCCCCCCCCCCCCCCC(=O)O.[GaH3]. The van der Waals surface area contributed by atoms with E-state index in [1.807, 2.05) is 0 Å². The monoisotopic (exact) mass is 412 g/mol. The molecule has 0 aromatic rings. The second kappa shape index (κ2) is 24.1. The summed E-state index contributed by atoms with van der Waals surface area (Å²) in [6.45, 7) is 2.28. The van der Waals surface area contributed by atoms with Crippen LogP contribution in [0.3, 0.4) is 0 Å². The van der Waals surface area contributed by atoms with E-state index in [4.69, 9.17) is 5.11 Å². The van der Waals surface area contributed by atoms with Crippen molar-refractivity contribution in [3.63, 3.8) is 0 Å². The second-order valence-electron chi connectivity index (χ2n) is 7.51. The van der Waals surface area contributed by atoms with Gasteiger partial charge in [-0.15, -0.1) is 0 Å². The molecule has 0 aromatic carbocycles. The summed E-state index contributed by atoms with van der Waals surface area (Å²) in [6, 6.07) is 0. The van der Waals surface area contributed by atoms with E-state index in [9.17, 15) is 4.79 Å². The Kier molecular flexibility index (Phi) is 26.3. The van der Waals surface area contributed by atoms with Crippen molar-refractivity contribution in [3.8, 4) is 0 Å². The maximum atomic E-state index is 10.4. The van der Waals surface area contributed by atoms with Crippen molar-refractivity contribution in [2.45, 2.75) is 135 Å². The molecule has 1 N–H and O–H groups in total. The molecular weight excluding hydrogens is 366 g/mol. The van der Waals surface area contributed by atoms with Crippen LogP contribution in [0.4, 0.5) is 0 Å². The van der Waals surface area contributed by atoms with Gasteiger partial charge in [0.2, 0.25) is 0 Å². The molecule has 0 atom stereocenters. The van der Waals surface area contributed by atoms with Crippen LogP contribution in [0.25, 0.3) is 0 Å². The maximum absolute atomic E-state index is 10.4. The van der Waals surface area contributed by atoms with Crippen molar-refractivity contribution >= 4 is 25.8 Å². The summed E-state index contributed by atoms with van der Waals surface area (Å²) in [5.74, 6) is -0.651. The van der Waals surface area contributed by atoms with Crippen LogP contribution < -0.4 is 0 Å². The number of hydrogen-bond donors (Lipinski definition) is 1. The summed E-state index contributed by atoms with van der Waals surface area (Å²) >= 11 is 0. The third-order valence-corrected chi connectivity index (χ3v) is 4.99. The Morgan fingerprint density at radius 2 is 0.760 bits per heavy atom. The molecule has 0 fully saturated rings. The van der Waals surface area contributed by atoms with Crippen molar-refractivity contribution in [2.75, 3.05) is 0 Å². The first-order valence-electron chi connectivity index (χ1n) is 11.0. The van der Waals surface area contributed by atoms with Crippen LogP contribution in [0.2, 0.25) is 0 Å². The average Bonchev–Trinajstić information content (AvgIpc) is 2.56. The van der Waals surface area contributed by atoms with E-state index in [1.165, 1.54) is 109 Å². The predicted octanol–water partition coefficient (Wildman–Crippen LogP) is 6.71. The normalized spacial score (nSPS) is 10.6. The third-order valence-electron chi connectivity index (χ3n) is 4.99. The van der Waals surface area contributed by atoms with Crippen molar-refractivity contribution in [1.29, 1.82) is 0 Å². The van der Waals surface area contributed by atoms with E-state index in [-0.39, 0.29) is 19.8 Å². The molecule has 0 aromatic heterocycles. The number of aliphatic carboxylic acids is 1. The van der Waals surface area contributed by atoms with Gasteiger partial charge >= 0.3 is 25.8 Å². The fourth-order valence-electron chi connectivity index (χ4n) is 3.35. The zero-order valence-corrected chi connectivity index (χ0v) is 16.5. The van der Waals surface area contributed by atoms with Crippen LogP contribution in [0, 0.1) is 0 Å². The molecule has 0 saturated heterocycles. The second-order valence-corrected chi connectivity index (χ2v) is 7.51. The van der Waals surface area contributed by atoms with E-state index < -0.39 is 5.97 Å². The molecule has 0 aliphatic carbocycles. The molecule has 2 nitrogen and oxygen atoms in total. The molecule has 0 saturated carbocycles. The molecule has 0 spiro atoms. The Hall–Kier alpha value is 0.106.